The number of carbonyl (C=O) groups is 1. The van der Waals surface area contributed by atoms with Gasteiger partial charge >= 0.3 is 0 Å². The fraction of sp³-hybridized carbons (Fsp3) is 0.500. The fourth-order valence-electron chi connectivity index (χ4n) is 1.36. The van der Waals surface area contributed by atoms with Crippen LogP contribution in [-0.2, 0) is 22.0 Å². The molecule has 0 saturated heterocycles. The van der Waals surface area contributed by atoms with E-state index in [1.54, 1.807) is 0 Å². The Morgan fingerprint density at radius 3 is 2.61 bits per heavy atom. The maximum Gasteiger partial charge on any atom is 0.246 e. The molecule has 18 heavy (non-hydrogen) atoms. The van der Waals surface area contributed by atoms with Gasteiger partial charge in [0.25, 0.3) is 0 Å². The Kier molecular flexibility index (Phi) is 5.63. The molecule has 1 aromatic carbocycles. The first-order valence-electron chi connectivity index (χ1n) is 5.95. The first-order valence-corrected chi connectivity index (χ1v) is 6.48. The fourth-order valence-corrected chi connectivity index (χ4v) is 1.52. The second-order valence-electron chi connectivity index (χ2n) is 5.13. The minimum Gasteiger partial charge on any atom is -0.366 e. The van der Waals surface area contributed by atoms with Crippen LogP contribution in [0.1, 0.15) is 31.9 Å². The summed E-state index contributed by atoms with van der Waals surface area (Å²) in [6, 6.07) is 7.84. The molecule has 0 aliphatic rings. The number of alkyl halides is 1. The van der Waals surface area contributed by atoms with Crippen molar-refractivity contribution in [3.63, 3.8) is 0 Å². The summed E-state index contributed by atoms with van der Waals surface area (Å²) in [4.78, 5) is 11.6. The average molecular weight is 270 g/mol. The summed E-state index contributed by atoms with van der Waals surface area (Å²) in [6.45, 7) is 6.34. The van der Waals surface area contributed by atoms with E-state index in [1.165, 1.54) is 0 Å². The number of nitrogens with one attached hydrogen (secondary N) is 1. The van der Waals surface area contributed by atoms with Crippen LogP contribution in [0.5, 0.6) is 0 Å². The van der Waals surface area contributed by atoms with Crippen LogP contribution < -0.4 is 5.32 Å². The monoisotopic (exact) mass is 269 g/mol. The van der Waals surface area contributed by atoms with E-state index in [2.05, 4.69) is 5.32 Å². The molecule has 0 spiro atoms. The summed E-state index contributed by atoms with van der Waals surface area (Å²) in [7, 11) is 0. The lowest BCUT2D eigenvalue weighted by molar-refractivity contribution is -0.130. The molecule has 0 atom stereocenters. The van der Waals surface area contributed by atoms with E-state index in [-0.39, 0.29) is 18.1 Å². The molecular formula is C14H20ClNO2. The lowest BCUT2D eigenvalue weighted by atomic mass is 10.1. The summed E-state index contributed by atoms with van der Waals surface area (Å²) in [5, 5.41) is 2.82. The molecule has 1 aromatic rings. The minimum absolute atomic E-state index is 0.0820. The Morgan fingerprint density at radius 1 is 1.33 bits per heavy atom. The van der Waals surface area contributed by atoms with Gasteiger partial charge in [0, 0.05) is 12.4 Å². The second kappa shape index (κ2) is 6.76. The topological polar surface area (TPSA) is 38.3 Å². The standard InChI is InChI=1S/C14H20ClNO2/c1-14(2,3)18-10-13(17)16-9-12-6-4-5-11(7-12)8-15/h4-7H,8-10H2,1-3H3,(H,16,17). The number of hydrogen-bond acceptors (Lipinski definition) is 2. The number of carbonyl (C=O) groups excluding carboxylic acids is 1. The van der Waals surface area contributed by atoms with E-state index in [0.717, 1.165) is 11.1 Å². The molecule has 1 N–H and O–H groups in total. The third kappa shape index (κ3) is 6.03. The van der Waals surface area contributed by atoms with Crippen LogP contribution in [0.4, 0.5) is 0 Å². The summed E-state index contributed by atoms with van der Waals surface area (Å²) in [5.41, 5.74) is 1.79. The van der Waals surface area contributed by atoms with Crippen LogP contribution in [0, 0.1) is 0 Å². The molecule has 0 heterocycles. The van der Waals surface area contributed by atoms with Gasteiger partial charge in [0.2, 0.25) is 5.91 Å². The van der Waals surface area contributed by atoms with E-state index in [4.69, 9.17) is 16.3 Å². The Morgan fingerprint density at radius 2 is 2.00 bits per heavy atom. The van der Waals surface area contributed by atoms with Gasteiger partial charge in [0.05, 0.1) is 5.60 Å². The molecule has 0 aliphatic carbocycles. The summed E-state index contributed by atoms with van der Waals surface area (Å²) in [5.74, 6) is 0.371. The molecule has 3 nitrogen and oxygen atoms in total. The van der Waals surface area contributed by atoms with Crippen molar-refractivity contribution < 1.29 is 9.53 Å². The second-order valence-corrected chi connectivity index (χ2v) is 5.40. The number of ether oxygens (including phenoxy) is 1. The van der Waals surface area contributed by atoms with Gasteiger partial charge in [-0.3, -0.25) is 4.79 Å². The van der Waals surface area contributed by atoms with Crippen LogP contribution >= 0.6 is 11.6 Å². The van der Waals surface area contributed by atoms with Crippen molar-refractivity contribution in [1.82, 2.24) is 5.32 Å². The van der Waals surface area contributed by atoms with Gasteiger partial charge in [-0.15, -0.1) is 11.6 Å². The van der Waals surface area contributed by atoms with Gasteiger partial charge in [0.15, 0.2) is 0 Å². The highest BCUT2D eigenvalue weighted by Crippen LogP contribution is 2.08. The first-order chi connectivity index (χ1) is 8.40. The molecule has 0 radical (unpaired) electrons. The molecule has 0 fully saturated rings. The summed E-state index contributed by atoms with van der Waals surface area (Å²) < 4.78 is 5.39. The van der Waals surface area contributed by atoms with Gasteiger partial charge in [-0.05, 0) is 31.9 Å². The highest BCUT2D eigenvalue weighted by molar-refractivity contribution is 6.17. The van der Waals surface area contributed by atoms with Crippen molar-refractivity contribution in [3.8, 4) is 0 Å². The molecule has 1 amide bonds. The molecule has 1 rings (SSSR count). The maximum atomic E-state index is 11.6. The molecule has 0 unspecified atom stereocenters. The normalized spacial score (nSPS) is 11.3. The predicted molar refractivity (Wildman–Crippen MR) is 73.6 cm³/mol. The number of amides is 1. The Hall–Kier alpha value is -1.06. The zero-order valence-electron chi connectivity index (χ0n) is 11.1. The summed E-state index contributed by atoms with van der Waals surface area (Å²) in [6.07, 6.45) is 0. The number of halogens is 1. The molecule has 0 bridgehead atoms. The third-order valence-corrected chi connectivity index (χ3v) is 2.58. The zero-order chi connectivity index (χ0) is 13.6. The Labute approximate surface area is 113 Å². The van der Waals surface area contributed by atoms with Crippen molar-refractivity contribution in [2.24, 2.45) is 0 Å². The van der Waals surface area contributed by atoms with Crippen molar-refractivity contribution in [1.29, 1.82) is 0 Å². The minimum atomic E-state index is -0.296. The predicted octanol–water partition coefficient (Wildman–Crippen LogP) is 2.86. The van der Waals surface area contributed by atoms with Gasteiger partial charge in [-0.2, -0.15) is 0 Å². The highest BCUT2D eigenvalue weighted by Gasteiger charge is 2.12. The number of hydrogen-bond donors (Lipinski definition) is 1. The largest absolute Gasteiger partial charge is 0.366 e. The lowest BCUT2D eigenvalue weighted by Crippen LogP contribution is -2.31. The van der Waals surface area contributed by atoms with E-state index in [1.807, 2.05) is 45.0 Å². The van der Waals surface area contributed by atoms with Crippen molar-refractivity contribution in [2.75, 3.05) is 6.61 Å². The van der Waals surface area contributed by atoms with Crippen molar-refractivity contribution >= 4 is 17.5 Å². The van der Waals surface area contributed by atoms with Crippen LogP contribution in [-0.4, -0.2) is 18.1 Å². The first kappa shape index (κ1) is 15.0. The van der Waals surface area contributed by atoms with E-state index in [0.29, 0.717) is 12.4 Å². The average Bonchev–Trinajstić information content (AvgIpc) is 2.33. The SMILES string of the molecule is CC(C)(C)OCC(=O)NCc1cccc(CCl)c1. The van der Waals surface area contributed by atoms with E-state index in [9.17, 15) is 4.79 Å². The molecule has 0 saturated carbocycles. The van der Waals surface area contributed by atoms with Gasteiger partial charge < -0.3 is 10.1 Å². The summed E-state index contributed by atoms with van der Waals surface area (Å²) >= 11 is 5.75. The van der Waals surface area contributed by atoms with Crippen LogP contribution in [0.15, 0.2) is 24.3 Å². The maximum absolute atomic E-state index is 11.6. The van der Waals surface area contributed by atoms with Gasteiger partial charge in [0.1, 0.15) is 6.61 Å². The van der Waals surface area contributed by atoms with Crippen LogP contribution in [0.2, 0.25) is 0 Å². The lowest BCUT2D eigenvalue weighted by Gasteiger charge is -2.19. The van der Waals surface area contributed by atoms with Crippen molar-refractivity contribution in [3.05, 3.63) is 35.4 Å². The smallest absolute Gasteiger partial charge is 0.246 e. The number of benzene rings is 1. The van der Waals surface area contributed by atoms with Crippen molar-refractivity contribution in [2.45, 2.75) is 38.8 Å². The van der Waals surface area contributed by atoms with Crippen LogP contribution in [0.3, 0.4) is 0 Å². The highest BCUT2D eigenvalue weighted by atomic mass is 35.5. The van der Waals surface area contributed by atoms with Gasteiger partial charge in [-0.1, -0.05) is 24.3 Å². The van der Waals surface area contributed by atoms with Gasteiger partial charge in [-0.25, -0.2) is 0 Å². The van der Waals surface area contributed by atoms with E-state index >= 15 is 0 Å². The third-order valence-electron chi connectivity index (χ3n) is 2.27. The molecule has 0 aromatic heterocycles. The van der Waals surface area contributed by atoms with E-state index < -0.39 is 0 Å². The molecule has 0 aliphatic heterocycles. The zero-order valence-corrected chi connectivity index (χ0v) is 11.9. The molecular weight excluding hydrogens is 250 g/mol. The quantitative estimate of drug-likeness (QED) is 0.835. The molecule has 4 heteroatoms. The Bertz CT molecular complexity index is 399. The Balaban J connectivity index is 2.38. The number of rotatable bonds is 5. The van der Waals surface area contributed by atoms with Crippen LogP contribution in [0.25, 0.3) is 0 Å². The molecule has 100 valence electrons.